The second-order valence-electron chi connectivity index (χ2n) is 9.23. The van der Waals surface area contributed by atoms with Gasteiger partial charge in [-0.05, 0) is 69.4 Å². The number of likely N-dealkylation sites (N-methyl/N-ethyl adjacent to an activating group) is 1. The number of ketones is 1. The van der Waals surface area contributed by atoms with Gasteiger partial charge in [0.15, 0.2) is 0 Å². The van der Waals surface area contributed by atoms with Crippen LogP contribution in [0.4, 0.5) is 10.5 Å². The highest BCUT2D eigenvalue weighted by atomic mass is 32.1. The number of Topliss-reactive ketones (excluding diaryl/α,β-unsaturated/α-hetero) is 1. The fourth-order valence-corrected chi connectivity index (χ4v) is 5.10. The molecule has 3 amide bonds. The number of nitrogens with zero attached hydrogens (tertiary/aromatic N) is 2. The monoisotopic (exact) mass is 484 g/mol. The molecule has 3 rings (SSSR count). The first kappa shape index (κ1) is 25.6. The number of benzene rings is 1. The Morgan fingerprint density at radius 2 is 1.74 bits per heavy atom. The van der Waals surface area contributed by atoms with E-state index in [-0.39, 0.29) is 17.7 Å². The summed E-state index contributed by atoms with van der Waals surface area (Å²) >= 11 is 1.23. The summed E-state index contributed by atoms with van der Waals surface area (Å²) in [6.07, 6.45) is 4.12. The van der Waals surface area contributed by atoms with Crippen LogP contribution < -0.4 is 4.90 Å². The average molecular weight is 485 g/mol. The first-order valence-electron chi connectivity index (χ1n) is 11.6. The molecule has 0 aliphatic carbocycles. The number of amides is 3. The van der Waals surface area contributed by atoms with Gasteiger partial charge in [0.25, 0.3) is 5.91 Å². The Kier molecular flexibility index (Phi) is 7.92. The van der Waals surface area contributed by atoms with Crippen LogP contribution in [0.2, 0.25) is 0 Å². The van der Waals surface area contributed by atoms with Gasteiger partial charge in [-0.1, -0.05) is 25.5 Å². The van der Waals surface area contributed by atoms with Crippen molar-refractivity contribution in [3.8, 4) is 0 Å². The van der Waals surface area contributed by atoms with Gasteiger partial charge in [-0.3, -0.25) is 19.4 Å². The number of rotatable bonds is 11. The topological polar surface area (TPSA) is 95.0 Å². The molecule has 1 unspecified atom stereocenters. The van der Waals surface area contributed by atoms with E-state index in [0.717, 1.165) is 28.2 Å². The number of thiophene rings is 1. The zero-order chi connectivity index (χ0) is 25.0. The van der Waals surface area contributed by atoms with E-state index in [4.69, 9.17) is 5.11 Å². The van der Waals surface area contributed by atoms with Crippen molar-refractivity contribution >= 4 is 40.7 Å². The highest BCUT2D eigenvalue weighted by Gasteiger charge is 2.43. The third kappa shape index (κ3) is 5.22. The minimum absolute atomic E-state index is 0.187. The molecule has 1 fully saturated rings. The predicted molar refractivity (Wildman–Crippen MR) is 133 cm³/mol. The van der Waals surface area contributed by atoms with Crippen LogP contribution in [0, 0.1) is 0 Å². The van der Waals surface area contributed by atoms with Crippen molar-refractivity contribution in [3.05, 3.63) is 51.7 Å². The normalized spacial score (nSPS) is 16.4. The van der Waals surface area contributed by atoms with Gasteiger partial charge in [-0.2, -0.15) is 0 Å². The Hall–Kier alpha value is -3.00. The Morgan fingerprint density at radius 3 is 2.32 bits per heavy atom. The molecule has 8 heteroatoms. The number of carbonyl (C=O) groups is 4. The van der Waals surface area contributed by atoms with Crippen molar-refractivity contribution < 1.29 is 24.3 Å². The van der Waals surface area contributed by atoms with E-state index in [1.165, 1.54) is 23.3 Å². The summed E-state index contributed by atoms with van der Waals surface area (Å²) in [5.41, 5.74) is 0.884. The van der Waals surface area contributed by atoms with Gasteiger partial charge in [0.2, 0.25) is 0 Å². The van der Waals surface area contributed by atoms with Crippen molar-refractivity contribution in [3.63, 3.8) is 0 Å². The molecule has 1 N–H and O–H groups in total. The summed E-state index contributed by atoms with van der Waals surface area (Å²) in [5.74, 6) is -1.01. The molecule has 0 bridgehead atoms. The molecule has 0 radical (unpaired) electrons. The smallest absolute Gasteiger partial charge is 0.345 e. The largest absolute Gasteiger partial charge is 0.477 e. The zero-order valence-electron chi connectivity index (χ0n) is 20.2. The number of unbranched alkanes of at least 4 members (excludes halogenated alkanes) is 1. The van der Waals surface area contributed by atoms with Crippen LogP contribution in [0.15, 0.2) is 36.4 Å². The predicted octanol–water partition coefficient (Wildman–Crippen LogP) is 5.27. The van der Waals surface area contributed by atoms with Crippen LogP contribution in [0.25, 0.3) is 0 Å². The average Bonchev–Trinajstić information content (AvgIpc) is 3.37. The molecule has 7 nitrogen and oxygen atoms in total. The highest BCUT2D eigenvalue weighted by molar-refractivity contribution is 7.13. The van der Waals surface area contributed by atoms with Crippen molar-refractivity contribution in [2.24, 2.45) is 0 Å². The first-order valence-corrected chi connectivity index (χ1v) is 12.5. The summed E-state index contributed by atoms with van der Waals surface area (Å²) in [4.78, 5) is 53.3. The third-order valence-corrected chi connectivity index (χ3v) is 7.65. The van der Waals surface area contributed by atoms with E-state index >= 15 is 0 Å². The number of carboxylic acid groups (broad SMARTS) is 1. The number of imide groups is 1. The molecule has 2 aromatic rings. The highest BCUT2D eigenvalue weighted by Crippen LogP contribution is 2.32. The van der Waals surface area contributed by atoms with E-state index in [9.17, 15) is 19.2 Å². The lowest BCUT2D eigenvalue weighted by Crippen LogP contribution is -2.35. The van der Waals surface area contributed by atoms with Crippen LogP contribution >= 0.6 is 11.3 Å². The van der Waals surface area contributed by atoms with E-state index in [1.54, 1.807) is 24.3 Å². The van der Waals surface area contributed by atoms with Gasteiger partial charge < -0.3 is 5.11 Å². The molecule has 0 saturated carbocycles. The minimum Gasteiger partial charge on any atom is -0.477 e. The maximum Gasteiger partial charge on any atom is 0.345 e. The van der Waals surface area contributed by atoms with Gasteiger partial charge in [0.05, 0.1) is 0 Å². The number of anilines is 1. The molecule has 1 aliphatic heterocycles. The zero-order valence-corrected chi connectivity index (χ0v) is 21.0. The van der Waals surface area contributed by atoms with Crippen molar-refractivity contribution in [1.29, 1.82) is 0 Å². The molecular weight excluding hydrogens is 452 g/mol. The lowest BCUT2D eigenvalue weighted by Gasteiger charge is -2.26. The van der Waals surface area contributed by atoms with Gasteiger partial charge >= 0.3 is 12.0 Å². The number of carboxylic acids is 1. The number of urea groups is 1. The molecule has 1 aliphatic rings. The fraction of sp³-hybridized carbons (Fsp3) is 0.462. The third-order valence-electron chi connectivity index (χ3n) is 6.52. The summed E-state index contributed by atoms with van der Waals surface area (Å²) in [6, 6.07) is 9.74. The van der Waals surface area contributed by atoms with E-state index in [2.05, 4.69) is 6.92 Å². The Bertz CT molecular complexity index is 1070. The van der Waals surface area contributed by atoms with Gasteiger partial charge in [-0.25, -0.2) is 9.59 Å². The molecule has 1 aromatic carbocycles. The summed E-state index contributed by atoms with van der Waals surface area (Å²) < 4.78 is 0. The summed E-state index contributed by atoms with van der Waals surface area (Å²) in [7, 11) is 1.49. The number of hydrogen-bond acceptors (Lipinski definition) is 5. The molecule has 1 atom stereocenters. The fourth-order valence-electron chi connectivity index (χ4n) is 4.21. The molecule has 0 spiro atoms. The first-order chi connectivity index (χ1) is 16.1. The number of aromatic carboxylic acids is 1. The lowest BCUT2D eigenvalue weighted by atomic mass is 9.79. The molecular formula is C26H32N2O5S. The van der Waals surface area contributed by atoms with Gasteiger partial charge in [0.1, 0.15) is 16.7 Å². The van der Waals surface area contributed by atoms with E-state index in [0.29, 0.717) is 36.2 Å². The molecule has 1 saturated heterocycles. The summed E-state index contributed by atoms with van der Waals surface area (Å²) in [5, 5.41) is 9.09. The minimum atomic E-state index is -0.945. The van der Waals surface area contributed by atoms with Crippen LogP contribution in [-0.2, 0) is 21.4 Å². The standard InChI is InChI=1S/C26H32N2O5S/c1-5-6-10-22(29)26(2,3)17-11-13-18(14-12-17)28-20(23(30)27(4)25(28)33)9-7-8-19-15-16-21(34-19)24(31)32/h11-16,20H,5-10H2,1-4H3,(H,31,32). The van der Waals surface area contributed by atoms with E-state index < -0.39 is 17.4 Å². The molecule has 34 heavy (non-hydrogen) atoms. The Labute approximate surface area is 204 Å². The van der Waals surface area contributed by atoms with Crippen molar-refractivity contribution in [2.45, 2.75) is 70.8 Å². The Balaban J connectivity index is 1.73. The molecule has 1 aromatic heterocycles. The number of aryl methyl sites for hydroxylation is 1. The Morgan fingerprint density at radius 1 is 1.06 bits per heavy atom. The van der Waals surface area contributed by atoms with E-state index in [1.807, 2.05) is 26.0 Å². The van der Waals surface area contributed by atoms with Crippen LogP contribution in [0.3, 0.4) is 0 Å². The summed E-state index contributed by atoms with van der Waals surface area (Å²) in [6.45, 7) is 5.90. The van der Waals surface area contributed by atoms with Crippen LogP contribution in [-0.4, -0.2) is 46.8 Å². The van der Waals surface area contributed by atoms with Gasteiger partial charge in [0, 0.05) is 29.4 Å². The van der Waals surface area contributed by atoms with Gasteiger partial charge in [-0.15, -0.1) is 11.3 Å². The number of hydrogen-bond donors (Lipinski definition) is 1. The van der Waals surface area contributed by atoms with Crippen LogP contribution in [0.5, 0.6) is 0 Å². The SMILES string of the molecule is CCCCC(=O)C(C)(C)c1ccc(N2C(=O)N(C)C(=O)C2CCCc2ccc(C(=O)O)s2)cc1. The van der Waals surface area contributed by atoms with Crippen molar-refractivity contribution in [2.75, 3.05) is 11.9 Å². The lowest BCUT2D eigenvalue weighted by molar-refractivity contribution is -0.126. The maximum atomic E-state index is 12.9. The maximum absolute atomic E-state index is 12.9. The number of carbonyl (C=O) groups excluding carboxylic acids is 3. The molecule has 182 valence electrons. The second kappa shape index (κ2) is 10.5. The quantitative estimate of drug-likeness (QED) is 0.438. The second-order valence-corrected chi connectivity index (χ2v) is 10.4. The molecule has 2 heterocycles. The van der Waals surface area contributed by atoms with Crippen molar-refractivity contribution in [1.82, 2.24) is 4.90 Å². The van der Waals surface area contributed by atoms with Crippen LogP contribution in [0.1, 0.15) is 73.0 Å².